The van der Waals surface area contributed by atoms with Gasteiger partial charge in [0.25, 0.3) is 0 Å². The van der Waals surface area contributed by atoms with Crippen molar-refractivity contribution in [3.8, 4) is 5.75 Å². The number of hydrogen-bond donors (Lipinski definition) is 1. The van der Waals surface area contributed by atoms with E-state index in [1.54, 1.807) is 0 Å². The van der Waals surface area contributed by atoms with Gasteiger partial charge in [0.1, 0.15) is 5.75 Å². The molecule has 0 aliphatic carbocycles. The van der Waals surface area contributed by atoms with E-state index in [1.807, 2.05) is 22.6 Å². The lowest BCUT2D eigenvalue weighted by atomic mass is 10.3. The van der Waals surface area contributed by atoms with Gasteiger partial charge in [0.05, 0.1) is 24.7 Å². The zero-order valence-corrected chi connectivity index (χ0v) is 9.38. The predicted molar refractivity (Wildman–Crippen MR) is 54.7 cm³/mol. The number of benzene rings is 1. The molecule has 0 atom stereocenters. The minimum Gasteiger partial charge on any atom is -0.506 e. The molecule has 0 aliphatic rings. The highest BCUT2D eigenvalue weighted by atomic mass is 127. The van der Waals surface area contributed by atoms with Crippen LogP contribution < -0.4 is 0 Å². The second-order valence-electron chi connectivity index (χ2n) is 1.73. The fourth-order valence-corrected chi connectivity index (χ4v) is 1.63. The van der Waals surface area contributed by atoms with Gasteiger partial charge in [-0.15, -0.1) is 0 Å². The van der Waals surface area contributed by atoms with Gasteiger partial charge in [-0.05, 0) is 22.6 Å². The highest BCUT2D eigenvalue weighted by Gasteiger charge is 2.11. The molecule has 1 rings (SSSR count). The third-order valence-electron chi connectivity index (χ3n) is 1.01. The molecule has 0 heterocycles. The molecule has 1 radical (unpaired) electrons. The Morgan fingerprint density at radius 1 is 1.18 bits per heavy atom. The average molecular weight is 322 g/mol. The third kappa shape index (κ3) is 1.86. The molecular weight excluding hydrogens is 321 g/mol. The van der Waals surface area contributed by atoms with Gasteiger partial charge in [-0.3, -0.25) is 0 Å². The Labute approximate surface area is 92.4 Å². The van der Waals surface area contributed by atoms with E-state index in [0.29, 0.717) is 3.57 Å². The lowest BCUT2D eigenvalue weighted by molar-refractivity contribution is 0.470. The van der Waals surface area contributed by atoms with Crippen molar-refractivity contribution in [1.82, 2.24) is 0 Å². The Bertz CT molecular complexity index is 274. The summed E-state index contributed by atoms with van der Waals surface area (Å²) in [5.41, 5.74) is 0. The Morgan fingerprint density at radius 3 is 2.27 bits per heavy atom. The maximum Gasteiger partial charge on any atom is 0.140 e. The minimum absolute atomic E-state index is 0.0787. The first kappa shape index (κ1) is 9.71. The summed E-state index contributed by atoms with van der Waals surface area (Å²) in [4.78, 5) is 0. The van der Waals surface area contributed by atoms with Crippen LogP contribution in [0.25, 0.3) is 0 Å². The third-order valence-corrected chi connectivity index (χ3v) is 3.62. The highest BCUT2D eigenvalue weighted by Crippen LogP contribution is 2.38. The zero-order valence-electron chi connectivity index (χ0n) is 4.96. The molecular formula is C6HCl3IO. The molecule has 5 heteroatoms. The van der Waals surface area contributed by atoms with E-state index in [-0.39, 0.29) is 20.8 Å². The Balaban J connectivity index is 3.46. The first-order valence-electron chi connectivity index (χ1n) is 2.48. The predicted octanol–water partition coefficient (Wildman–Crippen LogP) is 3.76. The van der Waals surface area contributed by atoms with E-state index >= 15 is 0 Å². The number of phenols is 1. The standard InChI is InChI=1S/C6HCl3IO/c7-2-1-3(11)6(10)5(9)4(2)8/h11H. The molecule has 0 spiro atoms. The molecule has 0 bridgehead atoms. The summed E-state index contributed by atoms with van der Waals surface area (Å²) in [5, 5.41) is 9.72. The molecule has 0 saturated heterocycles. The van der Waals surface area contributed by atoms with E-state index in [9.17, 15) is 0 Å². The van der Waals surface area contributed by atoms with Crippen LogP contribution in [0.2, 0.25) is 15.1 Å². The van der Waals surface area contributed by atoms with Crippen molar-refractivity contribution in [3.63, 3.8) is 0 Å². The Morgan fingerprint density at radius 2 is 1.73 bits per heavy atom. The van der Waals surface area contributed by atoms with E-state index in [0.717, 1.165) is 0 Å². The summed E-state index contributed by atoms with van der Waals surface area (Å²) in [6.07, 6.45) is 0. The normalized spacial score (nSPS) is 10.2. The Hall–Kier alpha value is 0.620. The van der Waals surface area contributed by atoms with E-state index < -0.39 is 0 Å². The van der Waals surface area contributed by atoms with Crippen molar-refractivity contribution in [2.45, 2.75) is 0 Å². The zero-order chi connectivity index (χ0) is 8.59. The summed E-state index contributed by atoms with van der Waals surface area (Å²) < 4.78 is 0.457. The van der Waals surface area contributed by atoms with Gasteiger partial charge < -0.3 is 5.11 Å². The van der Waals surface area contributed by atoms with Gasteiger partial charge in [0, 0.05) is 0 Å². The number of phenolic OH excluding ortho intramolecular Hbond substituents is 1. The molecule has 1 aromatic rings. The molecule has 0 saturated carbocycles. The molecule has 1 aromatic carbocycles. The second kappa shape index (κ2) is 3.56. The first-order valence-corrected chi connectivity index (χ1v) is 4.69. The van der Waals surface area contributed by atoms with Crippen LogP contribution in [0.3, 0.4) is 0 Å². The van der Waals surface area contributed by atoms with Crippen LogP contribution in [-0.2, 0) is 0 Å². The van der Waals surface area contributed by atoms with Crippen LogP contribution in [0.15, 0.2) is 0 Å². The fourth-order valence-electron chi connectivity index (χ4n) is 0.510. The molecule has 0 unspecified atom stereocenters. The number of rotatable bonds is 0. The topological polar surface area (TPSA) is 20.2 Å². The fraction of sp³-hybridized carbons (Fsp3) is 0. The highest BCUT2D eigenvalue weighted by molar-refractivity contribution is 14.1. The molecule has 1 nitrogen and oxygen atoms in total. The summed E-state index contributed by atoms with van der Waals surface area (Å²) >= 11 is 18.7. The van der Waals surface area contributed by atoms with Crippen LogP contribution in [0.5, 0.6) is 5.75 Å². The first-order chi connectivity index (χ1) is 5.04. The van der Waals surface area contributed by atoms with Gasteiger partial charge in [-0.1, -0.05) is 34.8 Å². The van der Waals surface area contributed by atoms with E-state index in [2.05, 4.69) is 6.07 Å². The molecule has 0 fully saturated rings. The summed E-state index contributed by atoms with van der Waals surface area (Å²) in [6, 6.07) is 2.44. The number of hydrogen-bond acceptors (Lipinski definition) is 1. The van der Waals surface area contributed by atoms with Crippen LogP contribution in [0.1, 0.15) is 0 Å². The molecule has 0 aliphatic heterocycles. The van der Waals surface area contributed by atoms with Gasteiger partial charge in [-0.2, -0.15) is 0 Å². The van der Waals surface area contributed by atoms with Gasteiger partial charge in [-0.25, -0.2) is 0 Å². The van der Waals surface area contributed by atoms with E-state index in [4.69, 9.17) is 39.9 Å². The van der Waals surface area contributed by atoms with Crippen molar-refractivity contribution in [2.24, 2.45) is 0 Å². The molecule has 11 heavy (non-hydrogen) atoms. The van der Waals surface area contributed by atoms with Crippen LogP contribution in [0.4, 0.5) is 0 Å². The molecule has 1 N–H and O–H groups in total. The maximum absolute atomic E-state index is 9.11. The van der Waals surface area contributed by atoms with Crippen molar-refractivity contribution >= 4 is 57.4 Å². The van der Waals surface area contributed by atoms with Gasteiger partial charge in [0.15, 0.2) is 0 Å². The van der Waals surface area contributed by atoms with Gasteiger partial charge >= 0.3 is 0 Å². The molecule has 59 valence electrons. The number of halogens is 4. The van der Waals surface area contributed by atoms with Crippen molar-refractivity contribution < 1.29 is 5.11 Å². The minimum atomic E-state index is -0.0787. The summed E-state index contributed by atoms with van der Waals surface area (Å²) in [6.45, 7) is 0. The molecule has 0 aromatic heterocycles. The van der Waals surface area contributed by atoms with Crippen LogP contribution in [0, 0.1) is 9.64 Å². The van der Waals surface area contributed by atoms with Gasteiger partial charge in [0.2, 0.25) is 0 Å². The van der Waals surface area contributed by atoms with Crippen LogP contribution in [-0.4, -0.2) is 5.11 Å². The number of aromatic hydroxyl groups is 1. The van der Waals surface area contributed by atoms with Crippen molar-refractivity contribution in [1.29, 1.82) is 0 Å². The monoisotopic (exact) mass is 321 g/mol. The average Bonchev–Trinajstić information content (AvgIpc) is 1.97. The SMILES string of the molecule is Oc1[c]c(Cl)c(Cl)c(Cl)c1I. The molecule has 0 amide bonds. The van der Waals surface area contributed by atoms with Crippen LogP contribution >= 0.6 is 57.4 Å². The summed E-state index contributed by atoms with van der Waals surface area (Å²) in [5.74, 6) is -0.0787. The lowest BCUT2D eigenvalue weighted by Crippen LogP contribution is -1.79. The smallest absolute Gasteiger partial charge is 0.140 e. The van der Waals surface area contributed by atoms with E-state index in [1.165, 1.54) is 0 Å². The quantitative estimate of drug-likeness (QED) is 0.438. The second-order valence-corrected chi connectivity index (χ2v) is 3.94. The Kier molecular flexibility index (Phi) is 3.14. The van der Waals surface area contributed by atoms with Crippen molar-refractivity contribution in [3.05, 3.63) is 24.7 Å². The maximum atomic E-state index is 9.11. The van der Waals surface area contributed by atoms with Crippen molar-refractivity contribution in [2.75, 3.05) is 0 Å². The largest absolute Gasteiger partial charge is 0.506 e. The lowest BCUT2D eigenvalue weighted by Gasteiger charge is -2.02. The summed E-state index contributed by atoms with van der Waals surface area (Å²) in [7, 11) is 0.